The molecule has 4 atom stereocenters. The molecule has 1 aliphatic heterocycles. The van der Waals surface area contributed by atoms with Crippen LogP contribution in [0, 0.1) is 17.7 Å². The van der Waals surface area contributed by atoms with Gasteiger partial charge in [-0.2, -0.15) is 0 Å². The number of piperidine rings is 1. The van der Waals surface area contributed by atoms with Gasteiger partial charge in [-0.15, -0.1) is 0 Å². The second-order valence-electron chi connectivity index (χ2n) is 9.09. The number of nitrogens with zero attached hydrogens (tertiary/aromatic N) is 2. The normalized spacial score (nSPS) is 21.6. The summed E-state index contributed by atoms with van der Waals surface area (Å²) in [5.41, 5.74) is 6.80. The number of amides is 3. The molecule has 0 unspecified atom stereocenters. The molecule has 1 aromatic heterocycles. The van der Waals surface area contributed by atoms with Crippen LogP contribution in [0.15, 0.2) is 48.7 Å². The Morgan fingerprint density at radius 2 is 1.97 bits per heavy atom. The van der Waals surface area contributed by atoms with Crippen molar-refractivity contribution >= 4 is 40.3 Å². The standard InChI is InChI=1S/C25H24ClFN4O4/c26-18-6-3-5-16(22(18)27)19(12-32)29-24(34)23-17-8-13(17)11-31(23)21(33)9-14-10-30(25(28)35)20-7-2-1-4-15(14)20/h1-7,10,13,17,19,23,32H,8-9,11-12H2,(H2,28,35)(H,29,34)/t13-,17-,19-,23+/m1/s1. The summed E-state index contributed by atoms with van der Waals surface area (Å²) in [7, 11) is 0. The fraction of sp³-hybridized carbons (Fsp3) is 0.320. The van der Waals surface area contributed by atoms with E-state index >= 15 is 0 Å². The van der Waals surface area contributed by atoms with Crippen LogP contribution in [0.2, 0.25) is 5.02 Å². The van der Waals surface area contributed by atoms with E-state index < -0.39 is 36.4 Å². The third kappa shape index (κ3) is 4.15. The second-order valence-corrected chi connectivity index (χ2v) is 9.50. The molecule has 0 radical (unpaired) electrons. The summed E-state index contributed by atoms with van der Waals surface area (Å²) in [6, 6.07) is 9.18. The molecule has 1 saturated carbocycles. The SMILES string of the molecule is NC(=O)n1cc(CC(=O)N2C[C@H]3C[C@H]3[C@H]2C(=O)N[C@H](CO)c2cccc(Cl)c2F)c2ccccc21. The van der Waals surface area contributed by atoms with Gasteiger partial charge in [0.15, 0.2) is 0 Å². The maximum atomic E-state index is 14.5. The van der Waals surface area contributed by atoms with Gasteiger partial charge < -0.3 is 21.1 Å². The van der Waals surface area contributed by atoms with E-state index in [1.165, 1.54) is 16.7 Å². The fourth-order valence-electron chi connectivity index (χ4n) is 5.16. The second kappa shape index (κ2) is 8.98. The van der Waals surface area contributed by atoms with Gasteiger partial charge in [-0.1, -0.05) is 41.9 Å². The fourth-order valence-corrected chi connectivity index (χ4v) is 5.35. The van der Waals surface area contributed by atoms with Crippen molar-refractivity contribution in [3.8, 4) is 0 Å². The quantitative estimate of drug-likeness (QED) is 0.484. The predicted octanol–water partition coefficient (Wildman–Crippen LogP) is 2.60. The highest BCUT2D eigenvalue weighted by molar-refractivity contribution is 6.30. The van der Waals surface area contributed by atoms with Gasteiger partial charge in [0.1, 0.15) is 11.9 Å². The van der Waals surface area contributed by atoms with Crippen molar-refractivity contribution in [3.63, 3.8) is 0 Å². The van der Waals surface area contributed by atoms with E-state index in [9.17, 15) is 23.9 Å². The van der Waals surface area contributed by atoms with E-state index in [0.29, 0.717) is 17.6 Å². The lowest BCUT2D eigenvalue weighted by molar-refractivity contribution is -0.139. The number of likely N-dealkylation sites (tertiary alicyclic amines) is 1. The number of nitrogens with two attached hydrogens (primary N) is 1. The Bertz CT molecular complexity index is 1340. The van der Waals surface area contributed by atoms with Crippen LogP contribution >= 0.6 is 11.6 Å². The first-order chi connectivity index (χ1) is 16.8. The van der Waals surface area contributed by atoms with Crippen LogP contribution in [-0.2, 0) is 16.0 Å². The number of aromatic nitrogens is 1. The van der Waals surface area contributed by atoms with Crippen LogP contribution in [-0.4, -0.2) is 51.6 Å². The summed E-state index contributed by atoms with van der Waals surface area (Å²) in [5.74, 6) is -1.14. The van der Waals surface area contributed by atoms with Crippen molar-refractivity contribution in [2.24, 2.45) is 17.6 Å². The summed E-state index contributed by atoms with van der Waals surface area (Å²) in [5, 5.41) is 13.2. The zero-order chi connectivity index (χ0) is 24.9. The van der Waals surface area contributed by atoms with Gasteiger partial charge in [-0.3, -0.25) is 14.2 Å². The molecule has 2 aromatic carbocycles. The summed E-state index contributed by atoms with van der Waals surface area (Å²) in [6.07, 6.45) is 2.38. The van der Waals surface area contributed by atoms with E-state index in [4.69, 9.17) is 17.3 Å². The summed E-state index contributed by atoms with van der Waals surface area (Å²) in [6.45, 7) is -0.0737. The Kier molecular flexibility index (Phi) is 5.98. The van der Waals surface area contributed by atoms with Crippen molar-refractivity contribution in [1.82, 2.24) is 14.8 Å². The average molecular weight is 499 g/mol. The molecule has 3 aromatic rings. The first-order valence-electron chi connectivity index (χ1n) is 11.3. The number of rotatable bonds is 6. The highest BCUT2D eigenvalue weighted by Gasteiger charge is 2.56. The van der Waals surface area contributed by atoms with Crippen molar-refractivity contribution in [2.75, 3.05) is 13.2 Å². The van der Waals surface area contributed by atoms with Crippen LogP contribution in [0.3, 0.4) is 0 Å². The Hall–Kier alpha value is -3.43. The van der Waals surface area contributed by atoms with Crippen LogP contribution in [0.4, 0.5) is 9.18 Å². The number of halogens is 2. The minimum Gasteiger partial charge on any atom is -0.394 e. The molecule has 35 heavy (non-hydrogen) atoms. The van der Waals surface area contributed by atoms with Crippen LogP contribution in [0.1, 0.15) is 23.6 Å². The minimum absolute atomic E-state index is 0.00361. The van der Waals surface area contributed by atoms with E-state index in [1.54, 1.807) is 29.3 Å². The maximum absolute atomic E-state index is 14.5. The molecule has 4 N–H and O–H groups in total. The van der Waals surface area contributed by atoms with E-state index in [-0.39, 0.29) is 34.7 Å². The average Bonchev–Trinajstić information content (AvgIpc) is 3.34. The molecular weight excluding hydrogens is 475 g/mol. The molecule has 2 heterocycles. The lowest BCUT2D eigenvalue weighted by Gasteiger charge is -2.28. The molecule has 1 aliphatic carbocycles. The molecule has 10 heteroatoms. The molecule has 0 spiro atoms. The van der Waals surface area contributed by atoms with Crippen LogP contribution in [0.5, 0.6) is 0 Å². The predicted molar refractivity (Wildman–Crippen MR) is 127 cm³/mol. The third-order valence-corrected chi connectivity index (χ3v) is 7.26. The number of carbonyl (C=O) groups is 3. The van der Waals surface area contributed by atoms with Crippen LogP contribution in [0.25, 0.3) is 10.9 Å². The third-order valence-electron chi connectivity index (χ3n) is 6.97. The molecule has 5 rings (SSSR count). The Morgan fingerprint density at radius 3 is 2.71 bits per heavy atom. The van der Waals surface area contributed by atoms with E-state index in [2.05, 4.69) is 5.32 Å². The van der Waals surface area contributed by atoms with Crippen molar-refractivity contribution < 1.29 is 23.9 Å². The number of primary amides is 1. The Balaban J connectivity index is 1.36. The number of aliphatic hydroxyl groups excluding tert-OH is 1. The van der Waals surface area contributed by atoms with Crippen molar-refractivity contribution in [1.29, 1.82) is 0 Å². The highest BCUT2D eigenvalue weighted by Crippen LogP contribution is 2.50. The maximum Gasteiger partial charge on any atom is 0.323 e. The van der Waals surface area contributed by atoms with Gasteiger partial charge in [-0.05, 0) is 36.0 Å². The largest absolute Gasteiger partial charge is 0.394 e. The number of para-hydroxylation sites is 1. The van der Waals surface area contributed by atoms with E-state index in [0.717, 1.165) is 11.8 Å². The first kappa shape index (κ1) is 23.3. The van der Waals surface area contributed by atoms with Gasteiger partial charge >= 0.3 is 6.03 Å². The topological polar surface area (TPSA) is 118 Å². The first-order valence-corrected chi connectivity index (χ1v) is 11.7. The van der Waals surface area contributed by atoms with Gasteiger partial charge in [-0.25, -0.2) is 9.18 Å². The molecule has 1 saturated heterocycles. The number of fused-ring (bicyclic) bond motifs is 2. The molecule has 2 fully saturated rings. The number of aliphatic hydroxyl groups is 1. The summed E-state index contributed by atoms with van der Waals surface area (Å²) in [4.78, 5) is 40.0. The number of carbonyl (C=O) groups excluding carboxylic acids is 3. The van der Waals surface area contributed by atoms with Crippen LogP contribution < -0.4 is 11.1 Å². The van der Waals surface area contributed by atoms with Crippen molar-refractivity contribution in [2.45, 2.75) is 24.9 Å². The van der Waals surface area contributed by atoms with Gasteiger partial charge in [0.25, 0.3) is 0 Å². The smallest absolute Gasteiger partial charge is 0.323 e. The number of hydrogen-bond donors (Lipinski definition) is 3. The van der Waals surface area contributed by atoms with Gasteiger partial charge in [0, 0.05) is 23.7 Å². The molecule has 0 bridgehead atoms. The van der Waals surface area contributed by atoms with Gasteiger partial charge in [0.05, 0.1) is 29.6 Å². The minimum atomic E-state index is -0.996. The van der Waals surface area contributed by atoms with E-state index in [1.807, 2.05) is 12.1 Å². The number of hydrogen-bond acceptors (Lipinski definition) is 4. The number of nitrogens with one attached hydrogen (secondary N) is 1. The molecule has 3 amide bonds. The zero-order valence-electron chi connectivity index (χ0n) is 18.7. The van der Waals surface area contributed by atoms with Gasteiger partial charge in [0.2, 0.25) is 11.8 Å². The number of benzene rings is 2. The monoisotopic (exact) mass is 498 g/mol. The lowest BCUT2D eigenvalue weighted by atomic mass is 10.0. The molecular formula is C25H24ClFN4O4. The lowest BCUT2D eigenvalue weighted by Crippen LogP contribution is -2.50. The highest BCUT2D eigenvalue weighted by atomic mass is 35.5. The summed E-state index contributed by atoms with van der Waals surface area (Å²) >= 11 is 5.86. The molecule has 8 nitrogen and oxygen atoms in total. The Labute approximate surface area is 205 Å². The molecule has 182 valence electrons. The Morgan fingerprint density at radius 1 is 1.20 bits per heavy atom. The molecule has 2 aliphatic rings. The van der Waals surface area contributed by atoms with Crippen molar-refractivity contribution in [3.05, 3.63) is 70.6 Å². The summed E-state index contributed by atoms with van der Waals surface area (Å²) < 4.78 is 15.8. The zero-order valence-corrected chi connectivity index (χ0v) is 19.4.